The molecule has 0 aromatic heterocycles. The summed E-state index contributed by atoms with van der Waals surface area (Å²) in [5.74, 6) is 5.19. The van der Waals surface area contributed by atoms with Crippen LogP contribution in [0.1, 0.15) is 6.92 Å². The zero-order valence-electron chi connectivity index (χ0n) is 5.13. The summed E-state index contributed by atoms with van der Waals surface area (Å²) in [6.45, 7) is 1.48. The number of carbonyl (C=O) groups is 1. The summed E-state index contributed by atoms with van der Waals surface area (Å²) in [6, 6.07) is 0. The maximum absolute atomic E-state index is 10.3. The van der Waals surface area contributed by atoms with Crippen molar-refractivity contribution in [2.45, 2.75) is 6.92 Å². The fourth-order valence-electron chi connectivity index (χ4n) is 0.213. The van der Waals surface area contributed by atoms with Gasteiger partial charge in [-0.15, -0.1) is 0 Å². The second kappa shape index (κ2) is 4.20. The highest BCUT2D eigenvalue weighted by Gasteiger charge is 1.95. The van der Waals surface area contributed by atoms with Gasteiger partial charge in [-0.05, 0) is 6.92 Å². The van der Waals surface area contributed by atoms with Gasteiger partial charge >= 0.3 is 0 Å². The van der Waals surface area contributed by atoms with Crippen molar-refractivity contribution in [3.8, 4) is 0 Å². The molecule has 0 amide bonds. The van der Waals surface area contributed by atoms with E-state index in [2.05, 4.69) is 5.10 Å². The zero-order chi connectivity index (χ0) is 7.28. The van der Waals surface area contributed by atoms with Crippen LogP contribution in [0, 0.1) is 0 Å². The van der Waals surface area contributed by atoms with Gasteiger partial charge in [-0.25, -0.2) is 0 Å². The Morgan fingerprint density at radius 3 is 2.67 bits per heavy atom. The summed E-state index contributed by atoms with van der Waals surface area (Å²) >= 11 is 1.14. The molecule has 0 aliphatic rings. The number of rotatable bonds is 2. The Labute approximate surface area is 57.7 Å². The molecule has 0 heterocycles. The van der Waals surface area contributed by atoms with Crippen LogP contribution in [0.15, 0.2) is 5.10 Å². The van der Waals surface area contributed by atoms with E-state index < -0.39 is 0 Å². The number of hydrogen-bond donors (Lipinski definition) is 2. The normalized spacial score (nSPS) is 11.4. The van der Waals surface area contributed by atoms with E-state index in [1.165, 1.54) is 6.92 Å². The van der Waals surface area contributed by atoms with Crippen molar-refractivity contribution < 1.29 is 4.79 Å². The molecule has 0 saturated carbocycles. The highest BCUT2D eigenvalue weighted by molar-refractivity contribution is 8.14. The van der Waals surface area contributed by atoms with Gasteiger partial charge in [-0.3, -0.25) is 4.79 Å². The Kier molecular flexibility index (Phi) is 3.87. The molecule has 0 aliphatic carbocycles. The van der Waals surface area contributed by atoms with Gasteiger partial charge in [-0.2, -0.15) is 5.10 Å². The maximum Gasteiger partial charge on any atom is 0.177 e. The van der Waals surface area contributed by atoms with Crippen LogP contribution in [0.3, 0.4) is 0 Å². The van der Waals surface area contributed by atoms with Crippen molar-refractivity contribution in [3.05, 3.63) is 0 Å². The van der Waals surface area contributed by atoms with E-state index in [1.54, 1.807) is 0 Å². The molecule has 0 fully saturated rings. The number of nitrogens with two attached hydrogens (primary N) is 2. The number of ketones is 1. The average molecular weight is 147 g/mol. The molecule has 0 saturated heterocycles. The number of amidine groups is 1. The quantitative estimate of drug-likeness (QED) is 0.239. The molecule has 0 spiro atoms. The zero-order valence-corrected chi connectivity index (χ0v) is 5.94. The number of carbonyl (C=O) groups excluding carboxylic acids is 1. The van der Waals surface area contributed by atoms with Crippen molar-refractivity contribution in [3.63, 3.8) is 0 Å². The van der Waals surface area contributed by atoms with Gasteiger partial charge in [0.25, 0.3) is 0 Å². The largest absolute Gasteiger partial charge is 0.377 e. The lowest BCUT2D eigenvalue weighted by molar-refractivity contribution is -0.114. The number of thioether (sulfide) groups is 1. The molecule has 52 valence electrons. The number of hydrazone groups is 1. The summed E-state index contributed by atoms with van der Waals surface area (Å²) in [6.07, 6.45) is 0. The Hall–Kier alpha value is -0.710. The summed E-state index contributed by atoms with van der Waals surface area (Å²) in [4.78, 5) is 10.3. The van der Waals surface area contributed by atoms with Crippen LogP contribution in [0.25, 0.3) is 0 Å². The first-order valence-corrected chi connectivity index (χ1v) is 3.31. The molecule has 0 aliphatic heterocycles. The standard InChI is InChI=1S/C4H9N3OS/c1-3(8)2-9-4(5)7-6/h2,6H2,1H3,(H2,5,7). The molecular weight excluding hydrogens is 138 g/mol. The van der Waals surface area contributed by atoms with Gasteiger partial charge in [-0.1, -0.05) is 11.8 Å². The molecule has 0 aromatic rings. The summed E-state index contributed by atoms with van der Waals surface area (Å²) in [5, 5.41) is 3.41. The van der Waals surface area contributed by atoms with Gasteiger partial charge in [0.05, 0.1) is 5.75 Å². The van der Waals surface area contributed by atoms with Gasteiger partial charge in [0.1, 0.15) is 5.78 Å². The van der Waals surface area contributed by atoms with Gasteiger partial charge in [0, 0.05) is 0 Å². The van der Waals surface area contributed by atoms with Crippen LogP contribution in [0.2, 0.25) is 0 Å². The molecule has 4 N–H and O–H groups in total. The van der Waals surface area contributed by atoms with E-state index in [0.717, 1.165) is 11.8 Å². The third kappa shape index (κ3) is 5.16. The molecule has 5 heteroatoms. The Morgan fingerprint density at radius 1 is 1.78 bits per heavy atom. The lowest BCUT2D eigenvalue weighted by Crippen LogP contribution is -2.11. The van der Waals surface area contributed by atoms with Crippen LogP contribution >= 0.6 is 11.8 Å². The fraction of sp³-hybridized carbons (Fsp3) is 0.500. The first-order valence-electron chi connectivity index (χ1n) is 2.32. The van der Waals surface area contributed by atoms with Crippen molar-refractivity contribution in [2.24, 2.45) is 16.7 Å². The number of hydrogen-bond acceptors (Lipinski definition) is 4. The van der Waals surface area contributed by atoms with E-state index in [-0.39, 0.29) is 11.0 Å². The maximum atomic E-state index is 10.3. The van der Waals surface area contributed by atoms with Crippen LogP contribution in [-0.4, -0.2) is 16.7 Å². The molecule has 9 heavy (non-hydrogen) atoms. The predicted molar refractivity (Wildman–Crippen MR) is 38.9 cm³/mol. The van der Waals surface area contributed by atoms with E-state index in [0.29, 0.717) is 5.75 Å². The van der Waals surface area contributed by atoms with Crippen molar-refractivity contribution in [1.82, 2.24) is 0 Å². The summed E-state index contributed by atoms with van der Waals surface area (Å²) < 4.78 is 0. The molecule has 4 nitrogen and oxygen atoms in total. The number of Topliss-reactive ketones (excluding diaryl/α,β-unsaturated/α-hetero) is 1. The van der Waals surface area contributed by atoms with Gasteiger partial charge in [0.2, 0.25) is 0 Å². The fourth-order valence-corrected chi connectivity index (χ4v) is 0.639. The molecule has 0 unspecified atom stereocenters. The smallest absolute Gasteiger partial charge is 0.177 e. The lowest BCUT2D eigenvalue weighted by Gasteiger charge is -1.92. The minimum atomic E-state index is 0.0617. The second-order valence-corrected chi connectivity index (χ2v) is 2.45. The minimum absolute atomic E-state index is 0.0617. The monoisotopic (exact) mass is 147 g/mol. The summed E-state index contributed by atoms with van der Waals surface area (Å²) in [5.41, 5.74) is 5.16. The number of nitrogens with zero attached hydrogens (tertiary/aromatic N) is 1. The van der Waals surface area contributed by atoms with Crippen LogP contribution in [0.4, 0.5) is 0 Å². The first-order chi connectivity index (χ1) is 4.16. The van der Waals surface area contributed by atoms with E-state index >= 15 is 0 Å². The topological polar surface area (TPSA) is 81.5 Å². The van der Waals surface area contributed by atoms with Crippen LogP contribution < -0.4 is 11.6 Å². The van der Waals surface area contributed by atoms with E-state index in [1.807, 2.05) is 0 Å². The average Bonchev–Trinajstić information content (AvgIpc) is 1.83. The third-order valence-electron chi connectivity index (χ3n) is 0.551. The van der Waals surface area contributed by atoms with E-state index in [9.17, 15) is 4.79 Å². The molecule has 0 rings (SSSR count). The molecular formula is C4H9N3OS. The second-order valence-electron chi connectivity index (χ2n) is 1.46. The van der Waals surface area contributed by atoms with Crippen LogP contribution in [0.5, 0.6) is 0 Å². The molecule has 0 radical (unpaired) electrons. The third-order valence-corrected chi connectivity index (χ3v) is 1.50. The van der Waals surface area contributed by atoms with Crippen LogP contribution in [-0.2, 0) is 4.79 Å². The first kappa shape index (κ1) is 8.29. The predicted octanol–water partition coefficient (Wildman–Crippen LogP) is -0.503. The Balaban J connectivity index is 3.39. The highest BCUT2D eigenvalue weighted by atomic mass is 32.2. The summed E-state index contributed by atoms with van der Waals surface area (Å²) in [7, 11) is 0. The minimum Gasteiger partial charge on any atom is -0.377 e. The molecule has 0 aromatic carbocycles. The van der Waals surface area contributed by atoms with E-state index in [4.69, 9.17) is 11.6 Å². The Morgan fingerprint density at radius 2 is 2.33 bits per heavy atom. The van der Waals surface area contributed by atoms with Gasteiger partial charge in [0.15, 0.2) is 5.17 Å². The Bertz CT molecular complexity index is 134. The van der Waals surface area contributed by atoms with Crippen molar-refractivity contribution in [1.29, 1.82) is 0 Å². The lowest BCUT2D eigenvalue weighted by atomic mass is 10.5. The van der Waals surface area contributed by atoms with Gasteiger partial charge < -0.3 is 11.6 Å². The molecule has 0 bridgehead atoms. The van der Waals surface area contributed by atoms with Crippen molar-refractivity contribution in [2.75, 3.05) is 5.75 Å². The molecule has 0 atom stereocenters. The van der Waals surface area contributed by atoms with Crippen molar-refractivity contribution >= 4 is 22.7 Å². The SMILES string of the molecule is CC(=O)CS/C(N)=N/N. The highest BCUT2D eigenvalue weighted by Crippen LogP contribution is 1.97.